The molecule has 54 heavy (non-hydrogen) atoms. The Labute approximate surface area is 322 Å². The zero-order valence-electron chi connectivity index (χ0n) is 33.4. The topological polar surface area (TPSA) is 175 Å². The molecule has 1 aliphatic heterocycles. The van der Waals surface area contributed by atoms with Gasteiger partial charge in [-0.05, 0) is 75.6 Å². The highest BCUT2D eigenvalue weighted by molar-refractivity contribution is 6.14. The van der Waals surface area contributed by atoms with Gasteiger partial charge >= 0.3 is 0 Å². The van der Waals surface area contributed by atoms with E-state index in [-0.39, 0.29) is 23.6 Å². The summed E-state index contributed by atoms with van der Waals surface area (Å²) in [4.78, 5) is 39.6. The van der Waals surface area contributed by atoms with Crippen LogP contribution in [0.3, 0.4) is 0 Å². The summed E-state index contributed by atoms with van der Waals surface area (Å²) < 4.78 is 5.58. The second kappa shape index (κ2) is 24.1. The van der Waals surface area contributed by atoms with Crippen LogP contribution in [0.15, 0.2) is 76.9 Å². The summed E-state index contributed by atoms with van der Waals surface area (Å²) in [5, 5.41) is 12.0. The molecule has 3 aromatic rings. The van der Waals surface area contributed by atoms with Crippen LogP contribution >= 0.6 is 0 Å². The highest BCUT2D eigenvalue weighted by Crippen LogP contribution is 2.26. The van der Waals surface area contributed by atoms with Gasteiger partial charge < -0.3 is 31.3 Å². The van der Waals surface area contributed by atoms with E-state index in [0.717, 1.165) is 55.6 Å². The molecule has 0 saturated heterocycles. The highest BCUT2D eigenvalue weighted by Gasteiger charge is 2.24. The fourth-order valence-electron chi connectivity index (χ4n) is 5.68. The molecular weight excluding hydrogens is 679 g/mol. The average molecular weight is 740 g/mol. The maximum absolute atomic E-state index is 13.3. The maximum atomic E-state index is 13.3. The van der Waals surface area contributed by atoms with Crippen LogP contribution in [0.5, 0.6) is 5.88 Å². The predicted molar refractivity (Wildman–Crippen MR) is 225 cm³/mol. The van der Waals surface area contributed by atoms with Crippen LogP contribution in [-0.2, 0) is 9.59 Å². The van der Waals surface area contributed by atoms with Crippen LogP contribution < -0.4 is 26.4 Å². The van der Waals surface area contributed by atoms with Crippen LogP contribution in [0, 0.1) is 11.3 Å². The molecule has 1 aromatic heterocycles. The quantitative estimate of drug-likeness (QED) is 0.0556. The van der Waals surface area contributed by atoms with Crippen molar-refractivity contribution in [3.63, 3.8) is 0 Å². The molecule has 0 bridgehead atoms. The van der Waals surface area contributed by atoms with Crippen molar-refractivity contribution in [2.24, 2.45) is 21.6 Å². The number of pyridine rings is 1. The van der Waals surface area contributed by atoms with E-state index in [9.17, 15) is 9.59 Å². The second-order valence-corrected chi connectivity index (χ2v) is 12.6. The Hall–Kier alpha value is -5.36. The first kappa shape index (κ1) is 44.8. The molecule has 0 spiro atoms. The molecule has 1 atom stereocenters. The zero-order chi connectivity index (χ0) is 40.0. The van der Waals surface area contributed by atoms with E-state index < -0.39 is 0 Å². The number of amides is 2. The van der Waals surface area contributed by atoms with E-state index in [0.29, 0.717) is 48.2 Å². The number of nitrogens with zero attached hydrogens (tertiary/aromatic N) is 5. The number of amidine groups is 1. The van der Waals surface area contributed by atoms with Crippen LogP contribution in [0.4, 0.5) is 11.4 Å². The third kappa shape index (κ3) is 13.6. The minimum atomic E-state index is -0.0851. The van der Waals surface area contributed by atoms with Crippen molar-refractivity contribution in [1.82, 2.24) is 15.2 Å². The number of hydrogen-bond donors (Lipinski definition) is 4. The lowest BCUT2D eigenvalue weighted by Crippen LogP contribution is -2.40. The van der Waals surface area contributed by atoms with Crippen molar-refractivity contribution in [3.8, 4) is 5.88 Å². The van der Waals surface area contributed by atoms with Gasteiger partial charge in [0.15, 0.2) is 0 Å². The van der Waals surface area contributed by atoms with Gasteiger partial charge in [0, 0.05) is 73.6 Å². The first-order valence-electron chi connectivity index (χ1n) is 18.9. The molecule has 0 saturated carbocycles. The molecule has 2 aromatic carbocycles. The number of nitrogens with one attached hydrogen (secondary N) is 2. The number of benzene rings is 2. The third-order valence-corrected chi connectivity index (χ3v) is 8.46. The van der Waals surface area contributed by atoms with Crippen LogP contribution in [-0.4, -0.2) is 86.0 Å². The molecule has 0 fully saturated rings. The van der Waals surface area contributed by atoms with Crippen molar-refractivity contribution in [3.05, 3.63) is 89.1 Å². The summed E-state index contributed by atoms with van der Waals surface area (Å²) >= 11 is 0. The first-order valence-corrected chi connectivity index (χ1v) is 18.9. The Morgan fingerprint density at radius 1 is 1.09 bits per heavy atom. The Morgan fingerprint density at radius 2 is 1.80 bits per heavy atom. The van der Waals surface area contributed by atoms with Crippen LogP contribution in [0.1, 0.15) is 90.0 Å². The summed E-state index contributed by atoms with van der Waals surface area (Å²) in [6.07, 6.45) is 8.71. The van der Waals surface area contributed by atoms with E-state index >= 15 is 0 Å². The molecule has 0 radical (unpaired) electrons. The average Bonchev–Trinajstić information content (AvgIpc) is 3.20. The molecule has 4 rings (SSSR count). The number of hydrogen-bond acceptors (Lipinski definition) is 8. The lowest BCUT2D eigenvalue weighted by atomic mass is 9.98. The van der Waals surface area contributed by atoms with Gasteiger partial charge in [0.2, 0.25) is 18.2 Å². The molecular formula is C42H61N9O3. The number of aromatic nitrogens is 1. The lowest BCUT2D eigenvalue weighted by Gasteiger charge is -2.27. The Bertz CT molecular complexity index is 1700. The van der Waals surface area contributed by atoms with Gasteiger partial charge in [0.1, 0.15) is 12.2 Å². The molecule has 1 unspecified atom stereocenters. The largest absolute Gasteiger partial charge is 0.475 e. The first-order chi connectivity index (χ1) is 26.1. The number of aliphatic imine (C=N–C) groups is 2. The van der Waals surface area contributed by atoms with Crippen molar-refractivity contribution in [1.29, 1.82) is 5.41 Å². The fraction of sp³-hybridized carbons (Fsp3) is 0.429. The Balaban J connectivity index is 0.000000392. The molecule has 2 amide bonds. The van der Waals surface area contributed by atoms with Gasteiger partial charge in [0.05, 0.1) is 17.7 Å². The molecule has 12 heteroatoms. The van der Waals surface area contributed by atoms with E-state index in [4.69, 9.17) is 21.6 Å². The van der Waals surface area contributed by atoms with Crippen LogP contribution in [0.2, 0.25) is 0 Å². The van der Waals surface area contributed by atoms with Crippen molar-refractivity contribution >= 4 is 47.2 Å². The minimum Gasteiger partial charge on any atom is -0.475 e. The summed E-state index contributed by atoms with van der Waals surface area (Å²) in [5.41, 5.74) is 18.1. The lowest BCUT2D eigenvalue weighted by molar-refractivity contribution is -0.122. The number of carbonyl (C=O) groups excluding carboxylic acids is 2. The van der Waals surface area contributed by atoms with E-state index in [1.54, 1.807) is 41.2 Å². The zero-order valence-corrected chi connectivity index (χ0v) is 33.4. The number of nitrogens with two attached hydrogens (primary N) is 2. The number of nitrogen functional groups attached to an aromatic ring is 1. The van der Waals surface area contributed by atoms with Gasteiger partial charge in [-0.1, -0.05) is 64.5 Å². The predicted octanol–water partition coefficient (Wildman–Crippen LogP) is 6.57. The molecule has 6 N–H and O–H groups in total. The standard InChI is InChI=1S/C25H37N5O2.C15H18N4O.C2H6/c1-6-9-19(15-28-7-2)25(31)30(8-3)20-11-12-22(26)21(14-20)24(27)18-10-13-23(29-16-18)32-17(4)5;1-17-10-18-15(16)14-4-2-12(3-5-14)13-6-8-19(11-20)9-7-13;1-2/h10-14,16-17,19,27-28H,6-9,15,26H2,1-5H3;2-6,10-11H,7-9H2,1H3,(H2,16,17,18);1-2H3. The Kier molecular flexibility index (Phi) is 20.0. The normalized spacial score (nSPS) is 13.2. The highest BCUT2D eigenvalue weighted by atomic mass is 16.5. The molecule has 1 aliphatic rings. The summed E-state index contributed by atoms with van der Waals surface area (Å²) in [6, 6.07) is 17.0. The van der Waals surface area contributed by atoms with E-state index in [1.807, 2.05) is 77.9 Å². The second-order valence-electron chi connectivity index (χ2n) is 12.6. The number of anilines is 2. The monoisotopic (exact) mass is 739 g/mol. The molecule has 12 nitrogen and oxygen atoms in total. The van der Waals surface area contributed by atoms with E-state index in [1.165, 1.54) is 11.9 Å². The van der Waals surface area contributed by atoms with E-state index in [2.05, 4.69) is 33.3 Å². The summed E-state index contributed by atoms with van der Waals surface area (Å²) in [7, 11) is 1.65. The van der Waals surface area contributed by atoms with Gasteiger partial charge in [-0.3, -0.25) is 20.0 Å². The maximum Gasteiger partial charge on any atom is 0.231 e. The van der Waals surface area contributed by atoms with Crippen molar-refractivity contribution < 1.29 is 14.3 Å². The SMILES string of the molecule is CC.CCCC(CNCC)C(=O)N(CC)c1ccc(N)c(C(=N)c2ccc(OC(C)C)nc2)c1.CN=CN=C(N)c1ccc(C2=CCN(C=O)CC2)cc1. The fourth-order valence-corrected chi connectivity index (χ4v) is 5.68. The number of carbonyl (C=O) groups is 2. The molecule has 2 heterocycles. The Morgan fingerprint density at radius 3 is 2.33 bits per heavy atom. The summed E-state index contributed by atoms with van der Waals surface area (Å²) in [5.74, 6) is 0.975. The number of ether oxygens (including phenoxy) is 1. The van der Waals surface area contributed by atoms with Crippen LogP contribution in [0.25, 0.3) is 5.57 Å². The van der Waals surface area contributed by atoms with Gasteiger partial charge in [-0.2, -0.15) is 0 Å². The van der Waals surface area contributed by atoms with Crippen molar-refractivity contribution in [2.75, 3.05) is 50.4 Å². The smallest absolute Gasteiger partial charge is 0.231 e. The van der Waals surface area contributed by atoms with Gasteiger partial charge in [0.25, 0.3) is 0 Å². The molecule has 292 valence electrons. The van der Waals surface area contributed by atoms with Crippen molar-refractivity contribution in [2.45, 2.75) is 73.8 Å². The molecule has 0 aliphatic carbocycles. The van der Waals surface area contributed by atoms with Gasteiger partial charge in [-0.15, -0.1) is 0 Å². The summed E-state index contributed by atoms with van der Waals surface area (Å²) in [6.45, 7) is 17.5. The van der Waals surface area contributed by atoms with Gasteiger partial charge in [-0.25, -0.2) is 9.98 Å². The third-order valence-electron chi connectivity index (χ3n) is 8.46. The number of rotatable bonds is 16. The minimum absolute atomic E-state index is 0.0294.